The third-order valence-corrected chi connectivity index (χ3v) is 2.75. The van der Waals surface area contributed by atoms with Crippen LogP contribution in [0.4, 0.5) is 4.79 Å². The molecule has 0 unspecified atom stereocenters. The van der Waals surface area contributed by atoms with Gasteiger partial charge in [0.05, 0.1) is 0 Å². The summed E-state index contributed by atoms with van der Waals surface area (Å²) in [7, 11) is 0. The number of ether oxygens (including phenoxy) is 1. The van der Waals surface area contributed by atoms with Crippen molar-refractivity contribution in [1.29, 1.82) is 0 Å². The number of hydrogen-bond donors (Lipinski definition) is 2. The highest BCUT2D eigenvalue weighted by molar-refractivity contribution is 5.80. The van der Waals surface area contributed by atoms with E-state index in [1.165, 1.54) is 4.90 Å². The van der Waals surface area contributed by atoms with Gasteiger partial charge >= 0.3 is 12.0 Å². The van der Waals surface area contributed by atoms with Gasteiger partial charge in [0.2, 0.25) is 0 Å². The number of nitrogens with one attached hydrogen (secondary N) is 1. The van der Waals surface area contributed by atoms with Crippen molar-refractivity contribution in [3.63, 3.8) is 0 Å². The SMILES string of the molecule is CC(C)CN(CC(=O)O)C(=O)NC1CCOCC1. The average Bonchev–Trinajstić information content (AvgIpc) is 2.28. The Bertz CT molecular complexity index is 288. The molecular formula is C12H22N2O4. The lowest BCUT2D eigenvalue weighted by Gasteiger charge is -2.28. The molecule has 0 radical (unpaired) electrons. The monoisotopic (exact) mass is 258 g/mol. The smallest absolute Gasteiger partial charge is 0.323 e. The van der Waals surface area contributed by atoms with E-state index in [-0.39, 0.29) is 24.5 Å². The van der Waals surface area contributed by atoms with Crippen LogP contribution in [-0.2, 0) is 9.53 Å². The number of carbonyl (C=O) groups excluding carboxylic acids is 1. The molecule has 1 aliphatic heterocycles. The average molecular weight is 258 g/mol. The van der Waals surface area contributed by atoms with E-state index in [0.717, 1.165) is 12.8 Å². The van der Waals surface area contributed by atoms with Crippen molar-refractivity contribution in [2.24, 2.45) is 5.92 Å². The quantitative estimate of drug-likeness (QED) is 0.768. The highest BCUT2D eigenvalue weighted by atomic mass is 16.5. The summed E-state index contributed by atoms with van der Waals surface area (Å²) in [5.74, 6) is -0.748. The van der Waals surface area contributed by atoms with E-state index < -0.39 is 5.97 Å². The van der Waals surface area contributed by atoms with Crippen LogP contribution in [0.15, 0.2) is 0 Å². The first-order chi connectivity index (χ1) is 8.49. The Kier molecular flexibility index (Phi) is 5.91. The van der Waals surface area contributed by atoms with Crippen molar-refractivity contribution < 1.29 is 19.4 Å². The van der Waals surface area contributed by atoms with Crippen LogP contribution in [0.1, 0.15) is 26.7 Å². The Morgan fingerprint density at radius 1 is 1.39 bits per heavy atom. The molecule has 0 aliphatic carbocycles. The maximum Gasteiger partial charge on any atom is 0.323 e. The second kappa shape index (κ2) is 7.20. The molecule has 0 aromatic rings. The van der Waals surface area contributed by atoms with Crippen LogP contribution >= 0.6 is 0 Å². The van der Waals surface area contributed by atoms with Crippen molar-refractivity contribution in [2.45, 2.75) is 32.7 Å². The number of rotatable bonds is 5. The Morgan fingerprint density at radius 3 is 2.50 bits per heavy atom. The Labute approximate surface area is 107 Å². The summed E-state index contributed by atoms with van der Waals surface area (Å²) in [5.41, 5.74) is 0. The first kappa shape index (κ1) is 14.8. The number of urea groups is 1. The standard InChI is InChI=1S/C12H22N2O4/c1-9(2)7-14(8-11(15)16)12(17)13-10-3-5-18-6-4-10/h9-10H,3-8H2,1-2H3,(H,13,17)(H,15,16). The van der Waals surface area contributed by atoms with Crippen LogP contribution in [-0.4, -0.2) is 54.4 Å². The molecule has 1 heterocycles. The van der Waals surface area contributed by atoms with Gasteiger partial charge in [-0.3, -0.25) is 4.79 Å². The largest absolute Gasteiger partial charge is 0.480 e. The zero-order valence-electron chi connectivity index (χ0n) is 11.0. The van der Waals surface area contributed by atoms with Gasteiger partial charge in [0.25, 0.3) is 0 Å². The van der Waals surface area contributed by atoms with E-state index in [9.17, 15) is 9.59 Å². The molecule has 1 rings (SSSR count). The van der Waals surface area contributed by atoms with Gasteiger partial charge in [-0.25, -0.2) is 4.79 Å². The Balaban J connectivity index is 2.48. The van der Waals surface area contributed by atoms with Crippen molar-refractivity contribution in [3.8, 4) is 0 Å². The van der Waals surface area contributed by atoms with E-state index in [0.29, 0.717) is 19.8 Å². The van der Waals surface area contributed by atoms with Gasteiger partial charge in [0.1, 0.15) is 6.54 Å². The van der Waals surface area contributed by atoms with E-state index in [1.54, 1.807) is 0 Å². The second-order valence-electron chi connectivity index (χ2n) is 5.00. The number of hydrogen-bond acceptors (Lipinski definition) is 3. The number of nitrogens with zero attached hydrogens (tertiary/aromatic N) is 1. The lowest BCUT2D eigenvalue weighted by molar-refractivity contribution is -0.137. The van der Waals surface area contributed by atoms with E-state index in [4.69, 9.17) is 9.84 Å². The fourth-order valence-corrected chi connectivity index (χ4v) is 1.93. The predicted molar refractivity (Wildman–Crippen MR) is 66.4 cm³/mol. The molecule has 0 atom stereocenters. The summed E-state index contributed by atoms with van der Waals surface area (Å²) in [5, 5.41) is 11.7. The molecule has 0 spiro atoms. The summed E-state index contributed by atoms with van der Waals surface area (Å²) in [4.78, 5) is 24.1. The molecule has 0 aromatic carbocycles. The molecule has 1 aliphatic rings. The predicted octanol–water partition coefficient (Wildman–Crippen LogP) is 0.918. The number of carboxylic acid groups (broad SMARTS) is 1. The second-order valence-corrected chi connectivity index (χ2v) is 5.00. The van der Waals surface area contributed by atoms with Crippen molar-refractivity contribution in [1.82, 2.24) is 10.2 Å². The lowest BCUT2D eigenvalue weighted by Crippen LogP contribution is -2.49. The maximum atomic E-state index is 12.0. The normalized spacial score (nSPS) is 16.6. The Morgan fingerprint density at radius 2 is 2.00 bits per heavy atom. The van der Waals surface area contributed by atoms with Gasteiger partial charge in [-0.1, -0.05) is 13.8 Å². The molecule has 2 N–H and O–H groups in total. The van der Waals surface area contributed by atoms with Crippen LogP contribution in [0.5, 0.6) is 0 Å². The van der Waals surface area contributed by atoms with Gasteiger partial charge in [0.15, 0.2) is 0 Å². The molecule has 1 saturated heterocycles. The van der Waals surface area contributed by atoms with Crippen molar-refractivity contribution >= 4 is 12.0 Å². The van der Waals surface area contributed by atoms with Gasteiger partial charge in [-0.05, 0) is 18.8 Å². The van der Waals surface area contributed by atoms with Crippen molar-refractivity contribution in [3.05, 3.63) is 0 Å². The van der Waals surface area contributed by atoms with E-state index >= 15 is 0 Å². The molecule has 104 valence electrons. The van der Waals surface area contributed by atoms with Crippen LogP contribution < -0.4 is 5.32 Å². The molecule has 6 nitrogen and oxygen atoms in total. The summed E-state index contributed by atoms with van der Waals surface area (Å²) < 4.78 is 5.21. The summed E-state index contributed by atoms with van der Waals surface area (Å²) in [6, 6.07) is -0.201. The number of amides is 2. The summed E-state index contributed by atoms with van der Waals surface area (Å²) >= 11 is 0. The molecule has 2 amide bonds. The minimum Gasteiger partial charge on any atom is -0.480 e. The molecule has 0 bridgehead atoms. The van der Waals surface area contributed by atoms with Gasteiger partial charge in [0, 0.05) is 25.8 Å². The van der Waals surface area contributed by atoms with Crippen LogP contribution in [0.2, 0.25) is 0 Å². The zero-order valence-corrected chi connectivity index (χ0v) is 11.0. The number of carbonyl (C=O) groups is 2. The third-order valence-electron chi connectivity index (χ3n) is 2.75. The maximum absolute atomic E-state index is 12.0. The highest BCUT2D eigenvalue weighted by Crippen LogP contribution is 2.07. The van der Waals surface area contributed by atoms with Gasteiger partial charge < -0.3 is 20.1 Å². The first-order valence-electron chi connectivity index (χ1n) is 6.34. The van der Waals surface area contributed by atoms with Gasteiger partial charge in [-0.2, -0.15) is 0 Å². The fourth-order valence-electron chi connectivity index (χ4n) is 1.93. The molecule has 0 saturated carbocycles. The number of carboxylic acids is 1. The van der Waals surface area contributed by atoms with Crippen LogP contribution in [0.25, 0.3) is 0 Å². The van der Waals surface area contributed by atoms with E-state index in [1.807, 2.05) is 13.8 Å². The Hall–Kier alpha value is -1.30. The summed E-state index contributed by atoms with van der Waals surface area (Å²) in [6.07, 6.45) is 1.57. The molecule has 6 heteroatoms. The fraction of sp³-hybridized carbons (Fsp3) is 0.833. The summed E-state index contributed by atoms with van der Waals surface area (Å²) in [6.45, 7) is 5.39. The minimum atomic E-state index is -0.988. The first-order valence-corrected chi connectivity index (χ1v) is 6.34. The lowest BCUT2D eigenvalue weighted by atomic mass is 10.1. The minimum absolute atomic E-state index is 0.0923. The third kappa shape index (κ3) is 5.35. The van der Waals surface area contributed by atoms with E-state index in [2.05, 4.69) is 5.32 Å². The van der Waals surface area contributed by atoms with Crippen LogP contribution in [0.3, 0.4) is 0 Å². The highest BCUT2D eigenvalue weighted by Gasteiger charge is 2.22. The van der Waals surface area contributed by atoms with Gasteiger partial charge in [-0.15, -0.1) is 0 Å². The number of aliphatic carboxylic acids is 1. The van der Waals surface area contributed by atoms with Crippen molar-refractivity contribution in [2.75, 3.05) is 26.3 Å². The molecule has 1 fully saturated rings. The molecule has 0 aromatic heterocycles. The molecular weight excluding hydrogens is 236 g/mol. The topological polar surface area (TPSA) is 78.9 Å². The zero-order chi connectivity index (χ0) is 13.5. The van der Waals surface area contributed by atoms with Crippen LogP contribution in [0, 0.1) is 5.92 Å². The molecule has 18 heavy (non-hydrogen) atoms.